The summed E-state index contributed by atoms with van der Waals surface area (Å²) in [7, 11) is 0. The van der Waals surface area contributed by atoms with Crippen LogP contribution in [0.15, 0.2) is 77.6 Å². The molecule has 0 unspecified atom stereocenters. The summed E-state index contributed by atoms with van der Waals surface area (Å²) in [4.78, 5) is 8.37. The van der Waals surface area contributed by atoms with E-state index < -0.39 is 0 Å². The standard InChI is InChI=1S/C20H12N2O/c1-2-4-14-9-15(6-5-13(14)3-1)16-7-8-18-17(10-16)20-19(23-18)11-21-12-22-20/h1-12H. The molecule has 0 atom stereocenters. The molecular formula is C20H12N2O. The van der Waals surface area contributed by atoms with Gasteiger partial charge in [-0.25, -0.2) is 9.97 Å². The Morgan fingerprint density at radius 3 is 2.52 bits per heavy atom. The normalized spacial score (nSPS) is 11.5. The fourth-order valence-electron chi connectivity index (χ4n) is 3.06. The van der Waals surface area contributed by atoms with E-state index in [0.717, 1.165) is 27.6 Å². The van der Waals surface area contributed by atoms with Gasteiger partial charge in [0.1, 0.15) is 17.4 Å². The number of aromatic nitrogens is 2. The molecule has 0 saturated heterocycles. The molecule has 2 heterocycles. The molecule has 2 aromatic heterocycles. The minimum atomic E-state index is 0.721. The van der Waals surface area contributed by atoms with Gasteiger partial charge in [0, 0.05) is 5.39 Å². The number of hydrogen-bond acceptors (Lipinski definition) is 3. The third-order valence-electron chi connectivity index (χ3n) is 4.22. The van der Waals surface area contributed by atoms with Gasteiger partial charge in [0.2, 0.25) is 0 Å². The Labute approximate surface area is 132 Å². The van der Waals surface area contributed by atoms with E-state index in [-0.39, 0.29) is 0 Å². The van der Waals surface area contributed by atoms with Crippen molar-refractivity contribution >= 4 is 32.8 Å². The monoisotopic (exact) mass is 296 g/mol. The summed E-state index contributed by atoms with van der Waals surface area (Å²) in [6.07, 6.45) is 3.26. The molecule has 0 amide bonds. The van der Waals surface area contributed by atoms with Crippen LogP contribution in [0.5, 0.6) is 0 Å². The van der Waals surface area contributed by atoms with Crippen LogP contribution in [0.3, 0.4) is 0 Å². The minimum Gasteiger partial charge on any atom is -0.453 e. The van der Waals surface area contributed by atoms with Gasteiger partial charge in [-0.2, -0.15) is 0 Å². The number of fused-ring (bicyclic) bond motifs is 4. The largest absolute Gasteiger partial charge is 0.453 e. The Bertz CT molecular complexity index is 1170. The third kappa shape index (κ3) is 1.90. The Kier molecular flexibility index (Phi) is 2.50. The molecule has 0 saturated carbocycles. The van der Waals surface area contributed by atoms with Gasteiger partial charge in [0.05, 0.1) is 6.20 Å². The third-order valence-corrected chi connectivity index (χ3v) is 4.22. The molecule has 3 aromatic carbocycles. The topological polar surface area (TPSA) is 38.9 Å². The number of benzene rings is 3. The lowest BCUT2D eigenvalue weighted by atomic mass is 10.0. The van der Waals surface area contributed by atoms with E-state index in [2.05, 4.69) is 64.6 Å². The predicted molar refractivity (Wildman–Crippen MR) is 92.3 cm³/mol. The molecule has 0 radical (unpaired) electrons. The molecular weight excluding hydrogens is 284 g/mol. The van der Waals surface area contributed by atoms with Crippen LogP contribution in [0, 0.1) is 0 Å². The fourth-order valence-corrected chi connectivity index (χ4v) is 3.06. The Hall–Kier alpha value is -3.20. The van der Waals surface area contributed by atoms with Crippen molar-refractivity contribution in [3.8, 4) is 11.1 Å². The lowest BCUT2D eigenvalue weighted by molar-refractivity contribution is 0.665. The van der Waals surface area contributed by atoms with Crippen molar-refractivity contribution in [1.82, 2.24) is 9.97 Å². The van der Waals surface area contributed by atoms with E-state index in [1.165, 1.54) is 16.3 Å². The molecule has 0 spiro atoms. The number of nitrogens with zero attached hydrogens (tertiary/aromatic N) is 2. The van der Waals surface area contributed by atoms with Gasteiger partial charge in [-0.1, -0.05) is 42.5 Å². The van der Waals surface area contributed by atoms with Crippen molar-refractivity contribution in [2.45, 2.75) is 0 Å². The molecule has 0 N–H and O–H groups in total. The Balaban J connectivity index is 1.76. The Morgan fingerprint density at radius 1 is 0.739 bits per heavy atom. The molecule has 5 aromatic rings. The maximum atomic E-state index is 5.79. The van der Waals surface area contributed by atoms with E-state index in [4.69, 9.17) is 4.42 Å². The van der Waals surface area contributed by atoms with E-state index in [1.807, 2.05) is 6.07 Å². The lowest BCUT2D eigenvalue weighted by Crippen LogP contribution is -1.80. The van der Waals surface area contributed by atoms with Crippen LogP contribution in [0.25, 0.3) is 44.0 Å². The van der Waals surface area contributed by atoms with E-state index in [1.54, 1.807) is 12.5 Å². The highest BCUT2D eigenvalue weighted by molar-refractivity contribution is 6.03. The molecule has 108 valence electrons. The van der Waals surface area contributed by atoms with Crippen molar-refractivity contribution in [2.75, 3.05) is 0 Å². The minimum absolute atomic E-state index is 0.721. The summed E-state index contributed by atoms with van der Waals surface area (Å²) in [5.41, 5.74) is 4.76. The summed E-state index contributed by atoms with van der Waals surface area (Å²) in [6.45, 7) is 0. The Morgan fingerprint density at radius 2 is 1.57 bits per heavy atom. The van der Waals surface area contributed by atoms with Crippen molar-refractivity contribution in [3.63, 3.8) is 0 Å². The van der Waals surface area contributed by atoms with Gasteiger partial charge in [-0.3, -0.25) is 0 Å². The van der Waals surface area contributed by atoms with Crippen molar-refractivity contribution in [3.05, 3.63) is 73.2 Å². The summed E-state index contributed by atoms with van der Waals surface area (Å²) >= 11 is 0. The summed E-state index contributed by atoms with van der Waals surface area (Å²) in [6, 6.07) is 21.1. The molecule has 3 nitrogen and oxygen atoms in total. The average molecular weight is 296 g/mol. The SMILES string of the molecule is c1ccc2cc(-c3ccc4oc5cncnc5c4c3)ccc2c1. The molecule has 0 fully saturated rings. The second-order valence-corrected chi connectivity index (χ2v) is 5.61. The molecule has 0 aliphatic carbocycles. The second kappa shape index (κ2) is 4.65. The second-order valence-electron chi connectivity index (χ2n) is 5.61. The summed E-state index contributed by atoms with van der Waals surface area (Å²) in [5, 5.41) is 3.51. The zero-order valence-corrected chi connectivity index (χ0v) is 12.2. The number of hydrogen-bond donors (Lipinski definition) is 0. The van der Waals surface area contributed by atoms with Crippen LogP contribution in [0.1, 0.15) is 0 Å². The molecule has 5 rings (SSSR count). The lowest BCUT2D eigenvalue weighted by Gasteiger charge is -2.04. The highest BCUT2D eigenvalue weighted by Crippen LogP contribution is 2.31. The van der Waals surface area contributed by atoms with Crippen molar-refractivity contribution in [2.24, 2.45) is 0 Å². The molecule has 23 heavy (non-hydrogen) atoms. The van der Waals surface area contributed by atoms with Gasteiger partial charge >= 0.3 is 0 Å². The van der Waals surface area contributed by atoms with Crippen LogP contribution < -0.4 is 0 Å². The first-order valence-electron chi connectivity index (χ1n) is 7.50. The first-order chi connectivity index (χ1) is 11.4. The van der Waals surface area contributed by atoms with Crippen LogP contribution in [-0.2, 0) is 0 Å². The van der Waals surface area contributed by atoms with E-state index in [9.17, 15) is 0 Å². The zero-order chi connectivity index (χ0) is 15.2. The van der Waals surface area contributed by atoms with E-state index in [0.29, 0.717) is 0 Å². The van der Waals surface area contributed by atoms with Gasteiger partial charge < -0.3 is 4.42 Å². The smallest absolute Gasteiger partial charge is 0.172 e. The van der Waals surface area contributed by atoms with Gasteiger partial charge in [-0.15, -0.1) is 0 Å². The molecule has 3 heteroatoms. The number of furan rings is 1. The van der Waals surface area contributed by atoms with Crippen LogP contribution in [0.2, 0.25) is 0 Å². The van der Waals surface area contributed by atoms with E-state index >= 15 is 0 Å². The predicted octanol–water partition coefficient (Wildman–Crippen LogP) is 5.20. The zero-order valence-electron chi connectivity index (χ0n) is 12.2. The van der Waals surface area contributed by atoms with Crippen molar-refractivity contribution < 1.29 is 4.42 Å². The van der Waals surface area contributed by atoms with Crippen LogP contribution in [0.4, 0.5) is 0 Å². The first kappa shape index (κ1) is 12.4. The maximum absolute atomic E-state index is 5.79. The van der Waals surface area contributed by atoms with Crippen LogP contribution >= 0.6 is 0 Å². The van der Waals surface area contributed by atoms with Gasteiger partial charge in [-0.05, 0) is 40.1 Å². The summed E-state index contributed by atoms with van der Waals surface area (Å²) in [5.74, 6) is 0. The molecule has 0 aliphatic rings. The van der Waals surface area contributed by atoms with Gasteiger partial charge in [0.25, 0.3) is 0 Å². The first-order valence-corrected chi connectivity index (χ1v) is 7.50. The van der Waals surface area contributed by atoms with Crippen molar-refractivity contribution in [1.29, 1.82) is 0 Å². The average Bonchev–Trinajstić information content (AvgIpc) is 2.99. The quantitative estimate of drug-likeness (QED) is 0.427. The fraction of sp³-hybridized carbons (Fsp3) is 0. The molecule has 0 bridgehead atoms. The highest BCUT2D eigenvalue weighted by Gasteiger charge is 2.09. The highest BCUT2D eigenvalue weighted by atomic mass is 16.3. The van der Waals surface area contributed by atoms with Gasteiger partial charge in [0.15, 0.2) is 5.58 Å². The maximum Gasteiger partial charge on any atom is 0.172 e. The molecule has 0 aliphatic heterocycles. The number of rotatable bonds is 1. The summed E-state index contributed by atoms with van der Waals surface area (Å²) < 4.78 is 5.79. The van der Waals surface area contributed by atoms with Crippen LogP contribution in [-0.4, -0.2) is 9.97 Å².